The highest BCUT2D eigenvalue weighted by molar-refractivity contribution is 7.89. The van der Waals surface area contributed by atoms with Gasteiger partial charge in [0.1, 0.15) is 0 Å². The lowest BCUT2D eigenvalue weighted by atomic mass is 10.1. The van der Waals surface area contributed by atoms with E-state index in [9.17, 15) is 8.42 Å². The topological polar surface area (TPSA) is 63.4 Å². The molecule has 0 fully saturated rings. The van der Waals surface area contributed by atoms with Crippen LogP contribution in [0.3, 0.4) is 0 Å². The van der Waals surface area contributed by atoms with Crippen molar-refractivity contribution in [2.24, 2.45) is 11.8 Å². The Balaban J connectivity index is 2.95. The molecule has 0 aromatic heterocycles. The van der Waals surface area contributed by atoms with Crippen LogP contribution < -0.4 is 5.73 Å². The maximum atomic E-state index is 12.8. The highest BCUT2D eigenvalue weighted by atomic mass is 32.2. The van der Waals surface area contributed by atoms with E-state index in [2.05, 4.69) is 27.7 Å². The highest BCUT2D eigenvalue weighted by Gasteiger charge is 2.24. The van der Waals surface area contributed by atoms with Crippen LogP contribution in [0.5, 0.6) is 0 Å². The van der Waals surface area contributed by atoms with Crippen LogP contribution in [-0.4, -0.2) is 25.8 Å². The number of nitrogens with zero attached hydrogens (tertiary/aromatic N) is 1. The Morgan fingerprint density at radius 3 is 1.76 bits per heavy atom. The van der Waals surface area contributed by atoms with Crippen LogP contribution in [0.15, 0.2) is 29.2 Å². The van der Waals surface area contributed by atoms with Crippen LogP contribution in [0.25, 0.3) is 0 Å². The second-order valence-electron chi connectivity index (χ2n) is 6.34. The van der Waals surface area contributed by atoms with Crippen molar-refractivity contribution in [1.82, 2.24) is 4.31 Å². The number of nitrogens with two attached hydrogens (primary N) is 1. The third kappa shape index (κ3) is 5.67. The molecular formula is C16H28N2O2S. The first-order valence-corrected chi connectivity index (χ1v) is 9.03. The largest absolute Gasteiger partial charge is 0.399 e. The van der Waals surface area contributed by atoms with E-state index >= 15 is 0 Å². The fourth-order valence-corrected chi connectivity index (χ4v) is 3.42. The highest BCUT2D eigenvalue weighted by Crippen LogP contribution is 2.19. The second kappa shape index (κ2) is 7.80. The Morgan fingerprint density at radius 1 is 0.952 bits per heavy atom. The van der Waals surface area contributed by atoms with Gasteiger partial charge in [0.2, 0.25) is 10.0 Å². The average Bonchev–Trinajstić information content (AvgIpc) is 2.38. The quantitative estimate of drug-likeness (QED) is 0.749. The lowest BCUT2D eigenvalue weighted by Gasteiger charge is -2.24. The molecule has 0 amide bonds. The summed E-state index contributed by atoms with van der Waals surface area (Å²) in [6.07, 6.45) is 1.73. The van der Waals surface area contributed by atoms with Crippen LogP contribution in [0.2, 0.25) is 0 Å². The maximum absolute atomic E-state index is 12.8. The number of anilines is 1. The zero-order valence-corrected chi connectivity index (χ0v) is 14.4. The van der Waals surface area contributed by atoms with Crippen LogP contribution >= 0.6 is 0 Å². The molecule has 21 heavy (non-hydrogen) atoms. The molecule has 0 saturated heterocycles. The molecule has 120 valence electrons. The predicted octanol–water partition coefficient (Wildman–Crippen LogP) is 3.35. The summed E-state index contributed by atoms with van der Waals surface area (Å²) in [6, 6.07) is 6.44. The van der Waals surface area contributed by atoms with Gasteiger partial charge in [0.15, 0.2) is 0 Å². The van der Waals surface area contributed by atoms with Gasteiger partial charge in [0, 0.05) is 18.8 Å². The van der Waals surface area contributed by atoms with Gasteiger partial charge in [-0.3, -0.25) is 0 Å². The molecule has 0 bridgehead atoms. The maximum Gasteiger partial charge on any atom is 0.243 e. The van der Waals surface area contributed by atoms with Gasteiger partial charge in [-0.25, -0.2) is 8.42 Å². The minimum absolute atomic E-state index is 0.323. The van der Waals surface area contributed by atoms with Crippen LogP contribution in [0.1, 0.15) is 40.5 Å². The molecule has 4 nitrogen and oxygen atoms in total. The van der Waals surface area contributed by atoms with Gasteiger partial charge in [0.25, 0.3) is 0 Å². The van der Waals surface area contributed by atoms with Crippen molar-refractivity contribution >= 4 is 15.7 Å². The Morgan fingerprint density at radius 2 is 1.38 bits per heavy atom. The van der Waals surface area contributed by atoms with E-state index in [0.29, 0.717) is 35.5 Å². The van der Waals surface area contributed by atoms with E-state index in [1.54, 1.807) is 28.6 Å². The Kier molecular flexibility index (Phi) is 6.68. The first kappa shape index (κ1) is 18.0. The van der Waals surface area contributed by atoms with E-state index in [1.807, 2.05) is 0 Å². The standard InChI is InChI=1S/C16H28N2O2S/c1-13(2)9-11-18(12-10-14(3)4)21(19,20)16-7-5-15(17)6-8-16/h5-8,13-14H,9-12,17H2,1-4H3. The Hall–Kier alpha value is -1.07. The van der Waals surface area contributed by atoms with Gasteiger partial charge >= 0.3 is 0 Å². The average molecular weight is 312 g/mol. The zero-order valence-electron chi connectivity index (χ0n) is 13.5. The predicted molar refractivity (Wildman–Crippen MR) is 88.5 cm³/mol. The van der Waals surface area contributed by atoms with Gasteiger partial charge < -0.3 is 5.73 Å². The monoisotopic (exact) mass is 312 g/mol. The number of benzene rings is 1. The zero-order chi connectivity index (χ0) is 16.0. The van der Waals surface area contributed by atoms with Crippen molar-refractivity contribution in [2.75, 3.05) is 18.8 Å². The lowest BCUT2D eigenvalue weighted by molar-refractivity contribution is 0.357. The Bertz CT molecular complexity index is 510. The first-order chi connectivity index (χ1) is 9.73. The number of hydrogen-bond acceptors (Lipinski definition) is 3. The minimum Gasteiger partial charge on any atom is -0.399 e. The van der Waals surface area contributed by atoms with E-state index in [1.165, 1.54) is 0 Å². The molecule has 1 aromatic rings. The molecule has 5 heteroatoms. The number of rotatable bonds is 8. The SMILES string of the molecule is CC(C)CCN(CCC(C)C)S(=O)(=O)c1ccc(N)cc1. The molecule has 1 aromatic carbocycles. The Labute approximate surface area is 129 Å². The molecule has 0 aliphatic carbocycles. The number of nitrogen functional groups attached to an aromatic ring is 1. The number of hydrogen-bond donors (Lipinski definition) is 1. The van der Waals surface area contributed by atoms with Crippen molar-refractivity contribution in [1.29, 1.82) is 0 Å². The summed E-state index contributed by atoms with van der Waals surface area (Å²) in [6.45, 7) is 9.56. The second-order valence-corrected chi connectivity index (χ2v) is 8.28. The summed E-state index contributed by atoms with van der Waals surface area (Å²) in [4.78, 5) is 0.323. The summed E-state index contributed by atoms with van der Waals surface area (Å²) in [5.74, 6) is 0.960. The minimum atomic E-state index is -3.43. The van der Waals surface area contributed by atoms with Crippen molar-refractivity contribution in [3.63, 3.8) is 0 Å². The summed E-state index contributed by atoms with van der Waals surface area (Å²) in [5, 5.41) is 0. The smallest absolute Gasteiger partial charge is 0.243 e. The van der Waals surface area contributed by atoms with Crippen LogP contribution in [0, 0.1) is 11.8 Å². The number of sulfonamides is 1. The normalized spacial score (nSPS) is 12.5. The van der Waals surface area contributed by atoms with Crippen molar-refractivity contribution in [3.8, 4) is 0 Å². The molecule has 0 heterocycles. The molecule has 0 aliphatic heterocycles. The van der Waals surface area contributed by atoms with Gasteiger partial charge in [0.05, 0.1) is 4.90 Å². The van der Waals surface area contributed by atoms with Crippen LogP contribution in [-0.2, 0) is 10.0 Å². The molecule has 1 rings (SSSR count). The van der Waals surface area contributed by atoms with Crippen molar-refractivity contribution in [2.45, 2.75) is 45.4 Å². The van der Waals surface area contributed by atoms with E-state index < -0.39 is 10.0 Å². The molecular weight excluding hydrogens is 284 g/mol. The summed E-state index contributed by atoms with van der Waals surface area (Å²) < 4.78 is 27.1. The van der Waals surface area contributed by atoms with Gasteiger partial charge in [-0.2, -0.15) is 4.31 Å². The molecule has 0 radical (unpaired) electrons. The summed E-state index contributed by atoms with van der Waals surface area (Å²) in [5.41, 5.74) is 6.21. The molecule has 0 atom stereocenters. The fourth-order valence-electron chi connectivity index (χ4n) is 1.95. The van der Waals surface area contributed by atoms with Gasteiger partial charge in [-0.05, 0) is 48.9 Å². The van der Waals surface area contributed by atoms with Crippen molar-refractivity contribution < 1.29 is 8.42 Å². The van der Waals surface area contributed by atoms with Gasteiger partial charge in [-0.1, -0.05) is 27.7 Å². The van der Waals surface area contributed by atoms with Crippen molar-refractivity contribution in [3.05, 3.63) is 24.3 Å². The summed E-state index contributed by atoms with van der Waals surface area (Å²) in [7, 11) is -3.43. The molecule has 0 spiro atoms. The summed E-state index contributed by atoms with van der Waals surface area (Å²) >= 11 is 0. The third-order valence-electron chi connectivity index (χ3n) is 3.43. The first-order valence-electron chi connectivity index (χ1n) is 7.59. The van der Waals surface area contributed by atoms with Gasteiger partial charge in [-0.15, -0.1) is 0 Å². The third-order valence-corrected chi connectivity index (χ3v) is 5.34. The lowest BCUT2D eigenvalue weighted by Crippen LogP contribution is -2.34. The molecule has 0 saturated carbocycles. The molecule has 2 N–H and O–H groups in total. The van der Waals surface area contributed by atoms with E-state index in [4.69, 9.17) is 5.73 Å². The molecule has 0 aliphatic rings. The fraction of sp³-hybridized carbons (Fsp3) is 0.625. The van der Waals surface area contributed by atoms with Crippen LogP contribution in [0.4, 0.5) is 5.69 Å². The molecule has 0 unspecified atom stereocenters. The van der Waals surface area contributed by atoms with E-state index in [0.717, 1.165) is 12.8 Å². The van der Waals surface area contributed by atoms with E-state index in [-0.39, 0.29) is 0 Å².